The number of anilines is 1. The number of nitrogens with zero attached hydrogens (tertiary/aromatic N) is 1. The molecule has 1 aromatic carbocycles. The standard InChI is InChI=1S/C13H19BrN2/c1-10-5-2-3-8-16(10)13-7-4-6-12(14)11(13)9-15/h4,6-7,10H,2-3,5,8-9,15H2,1H3. The summed E-state index contributed by atoms with van der Waals surface area (Å²) in [7, 11) is 0. The number of piperidine rings is 1. The summed E-state index contributed by atoms with van der Waals surface area (Å²) in [6.45, 7) is 4.06. The van der Waals surface area contributed by atoms with E-state index in [0.717, 1.165) is 11.0 Å². The van der Waals surface area contributed by atoms with Crippen molar-refractivity contribution in [2.75, 3.05) is 11.4 Å². The second kappa shape index (κ2) is 5.19. The lowest BCUT2D eigenvalue weighted by molar-refractivity contribution is 0.483. The third-order valence-electron chi connectivity index (χ3n) is 3.41. The van der Waals surface area contributed by atoms with Crippen molar-refractivity contribution in [2.24, 2.45) is 5.73 Å². The zero-order chi connectivity index (χ0) is 11.5. The van der Waals surface area contributed by atoms with Crippen molar-refractivity contribution in [1.29, 1.82) is 0 Å². The SMILES string of the molecule is CC1CCCCN1c1cccc(Br)c1CN. The summed E-state index contributed by atoms with van der Waals surface area (Å²) in [6.07, 6.45) is 3.93. The molecular weight excluding hydrogens is 264 g/mol. The highest BCUT2D eigenvalue weighted by Crippen LogP contribution is 2.31. The Morgan fingerprint density at radius 3 is 2.94 bits per heavy atom. The predicted molar refractivity (Wildman–Crippen MR) is 72.7 cm³/mol. The average Bonchev–Trinajstić information content (AvgIpc) is 2.29. The highest BCUT2D eigenvalue weighted by Gasteiger charge is 2.21. The lowest BCUT2D eigenvalue weighted by atomic mass is 10.0. The van der Waals surface area contributed by atoms with Crippen LogP contribution in [-0.4, -0.2) is 12.6 Å². The van der Waals surface area contributed by atoms with E-state index in [4.69, 9.17) is 5.73 Å². The van der Waals surface area contributed by atoms with Gasteiger partial charge >= 0.3 is 0 Å². The average molecular weight is 283 g/mol. The number of hydrogen-bond donors (Lipinski definition) is 1. The fourth-order valence-electron chi connectivity index (χ4n) is 2.47. The van der Waals surface area contributed by atoms with Gasteiger partial charge in [0.05, 0.1) is 0 Å². The van der Waals surface area contributed by atoms with E-state index in [1.165, 1.54) is 30.5 Å². The molecule has 0 spiro atoms. The first-order valence-corrected chi connectivity index (χ1v) is 6.77. The largest absolute Gasteiger partial charge is 0.369 e. The fraction of sp³-hybridized carbons (Fsp3) is 0.538. The van der Waals surface area contributed by atoms with Gasteiger partial charge in [0.25, 0.3) is 0 Å². The van der Waals surface area contributed by atoms with Gasteiger partial charge in [-0.2, -0.15) is 0 Å². The maximum absolute atomic E-state index is 5.85. The minimum Gasteiger partial charge on any atom is -0.369 e. The normalized spacial score (nSPS) is 21.2. The molecule has 1 aliphatic heterocycles. The Kier molecular flexibility index (Phi) is 3.87. The maximum atomic E-state index is 5.85. The molecule has 0 bridgehead atoms. The summed E-state index contributed by atoms with van der Waals surface area (Å²) in [5, 5.41) is 0. The first-order chi connectivity index (χ1) is 7.74. The molecule has 0 radical (unpaired) electrons. The van der Waals surface area contributed by atoms with Gasteiger partial charge in [-0.3, -0.25) is 0 Å². The van der Waals surface area contributed by atoms with E-state index in [2.05, 4.69) is 46.0 Å². The Labute approximate surface area is 106 Å². The van der Waals surface area contributed by atoms with Crippen molar-refractivity contribution in [1.82, 2.24) is 0 Å². The number of rotatable bonds is 2. The Balaban J connectivity index is 2.34. The molecule has 1 atom stereocenters. The molecule has 0 aromatic heterocycles. The highest BCUT2D eigenvalue weighted by atomic mass is 79.9. The van der Waals surface area contributed by atoms with Crippen LogP contribution in [0.5, 0.6) is 0 Å². The van der Waals surface area contributed by atoms with E-state index in [-0.39, 0.29) is 0 Å². The summed E-state index contributed by atoms with van der Waals surface area (Å²) < 4.78 is 1.13. The molecule has 1 fully saturated rings. The Bertz CT molecular complexity index is 365. The summed E-state index contributed by atoms with van der Waals surface area (Å²) in [4.78, 5) is 2.50. The van der Waals surface area contributed by atoms with Crippen molar-refractivity contribution in [3.05, 3.63) is 28.2 Å². The van der Waals surface area contributed by atoms with Gasteiger partial charge in [-0.05, 0) is 38.3 Å². The van der Waals surface area contributed by atoms with Gasteiger partial charge in [-0.1, -0.05) is 22.0 Å². The number of benzene rings is 1. The van der Waals surface area contributed by atoms with E-state index < -0.39 is 0 Å². The van der Waals surface area contributed by atoms with Crippen LogP contribution in [0.4, 0.5) is 5.69 Å². The zero-order valence-corrected chi connectivity index (χ0v) is 11.3. The van der Waals surface area contributed by atoms with Gasteiger partial charge < -0.3 is 10.6 Å². The van der Waals surface area contributed by atoms with Gasteiger partial charge in [-0.15, -0.1) is 0 Å². The lowest BCUT2D eigenvalue weighted by Crippen LogP contribution is -2.38. The van der Waals surface area contributed by atoms with Crippen LogP contribution in [0.3, 0.4) is 0 Å². The van der Waals surface area contributed by atoms with Gasteiger partial charge in [0.2, 0.25) is 0 Å². The van der Waals surface area contributed by atoms with Crippen LogP contribution in [0.2, 0.25) is 0 Å². The molecule has 1 heterocycles. The number of nitrogens with two attached hydrogens (primary N) is 1. The molecule has 0 saturated carbocycles. The van der Waals surface area contributed by atoms with E-state index in [1.54, 1.807) is 0 Å². The van der Waals surface area contributed by atoms with Crippen LogP contribution in [0, 0.1) is 0 Å². The van der Waals surface area contributed by atoms with E-state index >= 15 is 0 Å². The first-order valence-electron chi connectivity index (χ1n) is 5.98. The Morgan fingerprint density at radius 1 is 1.44 bits per heavy atom. The Hall–Kier alpha value is -0.540. The molecule has 88 valence electrons. The monoisotopic (exact) mass is 282 g/mol. The molecule has 2 rings (SSSR count). The van der Waals surface area contributed by atoms with Crippen LogP contribution >= 0.6 is 15.9 Å². The van der Waals surface area contributed by atoms with Crippen LogP contribution in [0.1, 0.15) is 31.7 Å². The fourth-order valence-corrected chi connectivity index (χ4v) is 2.99. The smallest absolute Gasteiger partial charge is 0.0425 e. The molecule has 1 aromatic rings. The number of hydrogen-bond acceptors (Lipinski definition) is 2. The third kappa shape index (κ3) is 2.25. The second-order valence-electron chi connectivity index (χ2n) is 4.48. The van der Waals surface area contributed by atoms with Crippen molar-refractivity contribution in [2.45, 2.75) is 38.8 Å². The lowest BCUT2D eigenvalue weighted by Gasteiger charge is -2.36. The van der Waals surface area contributed by atoms with Crippen molar-refractivity contribution < 1.29 is 0 Å². The van der Waals surface area contributed by atoms with E-state index in [9.17, 15) is 0 Å². The topological polar surface area (TPSA) is 29.3 Å². The minimum absolute atomic E-state index is 0.597. The van der Waals surface area contributed by atoms with E-state index in [0.29, 0.717) is 12.6 Å². The van der Waals surface area contributed by atoms with Crippen molar-refractivity contribution in [3.63, 3.8) is 0 Å². The molecule has 16 heavy (non-hydrogen) atoms. The molecule has 1 unspecified atom stereocenters. The zero-order valence-electron chi connectivity index (χ0n) is 9.75. The molecule has 2 nitrogen and oxygen atoms in total. The molecule has 1 aliphatic rings. The molecule has 2 N–H and O–H groups in total. The Morgan fingerprint density at radius 2 is 2.25 bits per heavy atom. The predicted octanol–water partition coefficient (Wildman–Crippen LogP) is 3.29. The minimum atomic E-state index is 0.597. The first kappa shape index (κ1) is 11.9. The molecule has 3 heteroatoms. The van der Waals surface area contributed by atoms with Crippen LogP contribution < -0.4 is 10.6 Å². The maximum Gasteiger partial charge on any atom is 0.0425 e. The van der Waals surface area contributed by atoms with Crippen LogP contribution in [-0.2, 0) is 6.54 Å². The van der Waals surface area contributed by atoms with Gasteiger partial charge in [0.15, 0.2) is 0 Å². The van der Waals surface area contributed by atoms with Crippen LogP contribution in [0.25, 0.3) is 0 Å². The molecule has 0 amide bonds. The van der Waals surface area contributed by atoms with Gasteiger partial charge in [0.1, 0.15) is 0 Å². The third-order valence-corrected chi connectivity index (χ3v) is 4.15. The van der Waals surface area contributed by atoms with Crippen LogP contribution in [0.15, 0.2) is 22.7 Å². The molecular formula is C13H19BrN2. The molecule has 1 saturated heterocycles. The summed E-state index contributed by atoms with van der Waals surface area (Å²) in [5.74, 6) is 0. The summed E-state index contributed by atoms with van der Waals surface area (Å²) >= 11 is 3.59. The van der Waals surface area contributed by atoms with Gasteiger partial charge in [-0.25, -0.2) is 0 Å². The quantitative estimate of drug-likeness (QED) is 0.902. The summed E-state index contributed by atoms with van der Waals surface area (Å²) in [6, 6.07) is 6.99. The van der Waals surface area contributed by atoms with E-state index in [1.807, 2.05) is 0 Å². The molecule has 0 aliphatic carbocycles. The van der Waals surface area contributed by atoms with Gasteiger partial charge in [0, 0.05) is 34.9 Å². The second-order valence-corrected chi connectivity index (χ2v) is 5.33. The van der Waals surface area contributed by atoms with Crippen molar-refractivity contribution >= 4 is 21.6 Å². The number of halogens is 1. The highest BCUT2D eigenvalue weighted by molar-refractivity contribution is 9.10. The van der Waals surface area contributed by atoms with Crippen molar-refractivity contribution in [3.8, 4) is 0 Å². The summed E-state index contributed by atoms with van der Waals surface area (Å²) in [5.41, 5.74) is 8.39.